The van der Waals surface area contributed by atoms with Crippen LogP contribution in [-0.2, 0) is 0 Å². The van der Waals surface area contributed by atoms with Crippen LogP contribution in [0.4, 0.5) is 0 Å². The van der Waals surface area contributed by atoms with Gasteiger partial charge < -0.3 is 0 Å². The summed E-state index contributed by atoms with van der Waals surface area (Å²) < 4.78 is 0. The van der Waals surface area contributed by atoms with Crippen molar-refractivity contribution in [2.24, 2.45) is 10.8 Å². The zero-order valence-corrected chi connectivity index (χ0v) is 15.6. The summed E-state index contributed by atoms with van der Waals surface area (Å²) in [5, 5.41) is 0. The maximum Gasteiger partial charge on any atom is 0.0544 e. The van der Waals surface area contributed by atoms with Crippen LogP contribution in [0.5, 0.6) is 0 Å². The Kier molecular flexibility index (Phi) is 4.08. The molecule has 0 heterocycles. The van der Waals surface area contributed by atoms with Crippen molar-refractivity contribution in [3.63, 3.8) is 0 Å². The molecule has 0 aliphatic heterocycles. The molecule has 0 aromatic carbocycles. The molecular formula is C15H23Br2Cl. The van der Waals surface area contributed by atoms with E-state index in [2.05, 4.69) is 65.6 Å². The standard InChI is InChI=1S/C15H23Br2Cl/c1-10-5-6-11(16)13(2,3)15(10)8-7-14(4,18)12(17)9-15/h5,11-12H,6-9H2,1-4H3/t11-,12+,14+,15+/m0/s1. The monoisotopic (exact) mass is 396 g/mol. The number of allylic oxidation sites excluding steroid dienone is 2. The molecule has 2 aliphatic rings. The van der Waals surface area contributed by atoms with Crippen molar-refractivity contribution in [2.75, 3.05) is 0 Å². The first-order valence-electron chi connectivity index (χ1n) is 6.78. The van der Waals surface area contributed by atoms with Gasteiger partial charge in [0.1, 0.15) is 0 Å². The van der Waals surface area contributed by atoms with Gasteiger partial charge in [-0.3, -0.25) is 0 Å². The Morgan fingerprint density at radius 2 is 1.78 bits per heavy atom. The minimum atomic E-state index is -0.0964. The van der Waals surface area contributed by atoms with Gasteiger partial charge in [0.2, 0.25) is 0 Å². The average molecular weight is 399 g/mol. The molecular weight excluding hydrogens is 375 g/mol. The van der Waals surface area contributed by atoms with Crippen LogP contribution in [0.15, 0.2) is 11.6 Å². The van der Waals surface area contributed by atoms with Crippen LogP contribution in [0.3, 0.4) is 0 Å². The molecule has 0 aromatic rings. The van der Waals surface area contributed by atoms with E-state index in [1.165, 1.54) is 6.42 Å². The Bertz CT molecular complexity index is 373. The summed E-state index contributed by atoms with van der Waals surface area (Å²) in [6.07, 6.45) is 7.00. The van der Waals surface area contributed by atoms with Gasteiger partial charge >= 0.3 is 0 Å². The molecule has 0 amide bonds. The number of hydrogen-bond acceptors (Lipinski definition) is 0. The van der Waals surface area contributed by atoms with Gasteiger partial charge in [0, 0.05) is 9.65 Å². The largest absolute Gasteiger partial charge is 0.118 e. The molecule has 2 aliphatic carbocycles. The molecule has 2 rings (SSSR count). The fourth-order valence-corrected chi connectivity index (χ4v) is 5.34. The molecule has 4 atom stereocenters. The lowest BCUT2D eigenvalue weighted by molar-refractivity contribution is 0.0482. The molecule has 1 spiro atoms. The van der Waals surface area contributed by atoms with Gasteiger partial charge in [-0.15, -0.1) is 11.6 Å². The lowest BCUT2D eigenvalue weighted by Crippen LogP contribution is -2.53. The average Bonchev–Trinajstić information content (AvgIpc) is 2.27. The maximum atomic E-state index is 6.62. The predicted octanol–water partition coefficient (Wildman–Crippen LogP) is 6.06. The van der Waals surface area contributed by atoms with Gasteiger partial charge in [-0.25, -0.2) is 0 Å². The van der Waals surface area contributed by atoms with Crippen molar-refractivity contribution in [1.29, 1.82) is 0 Å². The van der Waals surface area contributed by atoms with E-state index in [1.54, 1.807) is 5.57 Å². The lowest BCUT2D eigenvalue weighted by Gasteiger charge is -2.58. The topological polar surface area (TPSA) is 0 Å². The van der Waals surface area contributed by atoms with Crippen molar-refractivity contribution in [2.45, 2.75) is 67.9 Å². The van der Waals surface area contributed by atoms with E-state index in [-0.39, 0.29) is 10.3 Å². The van der Waals surface area contributed by atoms with Crippen LogP contribution in [0, 0.1) is 10.8 Å². The molecule has 0 N–H and O–H groups in total. The lowest BCUT2D eigenvalue weighted by atomic mass is 9.51. The van der Waals surface area contributed by atoms with E-state index in [0.29, 0.717) is 15.1 Å². The number of hydrogen-bond donors (Lipinski definition) is 0. The predicted molar refractivity (Wildman–Crippen MR) is 88.1 cm³/mol. The summed E-state index contributed by atoms with van der Waals surface area (Å²) in [6, 6.07) is 0. The fourth-order valence-electron chi connectivity index (χ4n) is 3.76. The van der Waals surface area contributed by atoms with E-state index >= 15 is 0 Å². The Labute approximate surface area is 133 Å². The highest BCUT2D eigenvalue weighted by atomic mass is 79.9. The van der Waals surface area contributed by atoms with E-state index in [4.69, 9.17) is 11.6 Å². The van der Waals surface area contributed by atoms with Crippen molar-refractivity contribution in [1.82, 2.24) is 0 Å². The molecule has 0 aromatic heterocycles. The Hall–Kier alpha value is 0.990. The molecule has 1 fully saturated rings. The quantitative estimate of drug-likeness (QED) is 0.344. The van der Waals surface area contributed by atoms with Crippen LogP contribution < -0.4 is 0 Å². The van der Waals surface area contributed by atoms with Crippen LogP contribution in [0.2, 0.25) is 0 Å². The van der Waals surface area contributed by atoms with Crippen molar-refractivity contribution in [3.05, 3.63) is 11.6 Å². The van der Waals surface area contributed by atoms with Crippen LogP contribution in [0.25, 0.3) is 0 Å². The minimum Gasteiger partial charge on any atom is -0.118 e. The molecule has 18 heavy (non-hydrogen) atoms. The first-order chi connectivity index (χ1) is 8.13. The number of alkyl halides is 3. The van der Waals surface area contributed by atoms with Gasteiger partial charge in [0.15, 0.2) is 0 Å². The van der Waals surface area contributed by atoms with Gasteiger partial charge in [-0.2, -0.15) is 0 Å². The van der Waals surface area contributed by atoms with Gasteiger partial charge in [-0.1, -0.05) is 57.4 Å². The maximum absolute atomic E-state index is 6.62. The summed E-state index contributed by atoms with van der Waals surface area (Å²) in [6.45, 7) is 9.32. The number of rotatable bonds is 0. The highest BCUT2D eigenvalue weighted by Gasteiger charge is 2.56. The first kappa shape index (κ1) is 15.4. The summed E-state index contributed by atoms with van der Waals surface area (Å²) in [7, 11) is 0. The summed E-state index contributed by atoms with van der Waals surface area (Å²) in [5.74, 6) is 0. The van der Waals surface area contributed by atoms with Crippen molar-refractivity contribution < 1.29 is 0 Å². The summed E-state index contributed by atoms with van der Waals surface area (Å²) >= 11 is 14.4. The highest BCUT2D eigenvalue weighted by molar-refractivity contribution is 9.09. The van der Waals surface area contributed by atoms with E-state index < -0.39 is 0 Å². The smallest absolute Gasteiger partial charge is 0.0544 e. The molecule has 1 saturated carbocycles. The van der Waals surface area contributed by atoms with E-state index in [1.807, 2.05) is 0 Å². The van der Waals surface area contributed by atoms with E-state index in [0.717, 1.165) is 19.3 Å². The molecule has 0 saturated heterocycles. The van der Waals surface area contributed by atoms with Gasteiger partial charge in [0.05, 0.1) is 4.87 Å². The third-order valence-corrected chi connectivity index (χ3v) is 9.19. The number of halogens is 3. The second-order valence-electron chi connectivity index (χ2n) is 6.84. The molecule has 0 unspecified atom stereocenters. The summed E-state index contributed by atoms with van der Waals surface area (Å²) in [5.41, 5.74) is 2.15. The Morgan fingerprint density at radius 1 is 1.17 bits per heavy atom. The van der Waals surface area contributed by atoms with Gasteiger partial charge in [-0.05, 0) is 50.4 Å². The Balaban J connectivity index is 2.41. The molecule has 0 nitrogen and oxygen atoms in total. The van der Waals surface area contributed by atoms with Crippen LogP contribution in [-0.4, -0.2) is 14.5 Å². The zero-order valence-electron chi connectivity index (χ0n) is 11.7. The fraction of sp³-hybridized carbons (Fsp3) is 0.867. The van der Waals surface area contributed by atoms with Gasteiger partial charge in [0.25, 0.3) is 0 Å². The Morgan fingerprint density at radius 3 is 2.33 bits per heavy atom. The second-order valence-corrected chi connectivity index (χ2v) is 9.92. The SMILES string of the molecule is CC1=CC[C@H](Br)C(C)(C)[C@@]12CC[C@@](C)(Cl)[C@H](Br)C2. The van der Waals surface area contributed by atoms with Crippen molar-refractivity contribution >= 4 is 43.5 Å². The van der Waals surface area contributed by atoms with Crippen molar-refractivity contribution in [3.8, 4) is 0 Å². The van der Waals surface area contributed by atoms with E-state index in [9.17, 15) is 0 Å². The van der Waals surface area contributed by atoms with Crippen LogP contribution in [0.1, 0.15) is 53.4 Å². The normalized spacial score (nSPS) is 48.1. The third-order valence-electron chi connectivity index (χ3n) is 5.62. The summed E-state index contributed by atoms with van der Waals surface area (Å²) in [4.78, 5) is 0.856. The molecule has 104 valence electrons. The minimum absolute atomic E-state index is 0.0964. The second kappa shape index (κ2) is 4.77. The highest BCUT2D eigenvalue weighted by Crippen LogP contribution is 2.63. The molecule has 0 bridgehead atoms. The zero-order chi connectivity index (χ0) is 13.8. The van der Waals surface area contributed by atoms with Crippen LogP contribution >= 0.6 is 43.5 Å². The first-order valence-corrected chi connectivity index (χ1v) is 8.99. The molecule has 0 radical (unpaired) electrons. The molecule has 3 heteroatoms. The third kappa shape index (κ3) is 2.15.